The Balaban J connectivity index is 1.07. The van der Waals surface area contributed by atoms with Gasteiger partial charge in [0.25, 0.3) is 0 Å². The summed E-state index contributed by atoms with van der Waals surface area (Å²) in [6.45, 7) is 0. The van der Waals surface area contributed by atoms with E-state index in [2.05, 4.69) is 254 Å². The Morgan fingerprint density at radius 1 is 0.203 bits per heavy atom. The van der Waals surface area contributed by atoms with Crippen molar-refractivity contribution < 1.29 is 0 Å². The molecular weight excluding hydrogens is 711 g/mol. The van der Waals surface area contributed by atoms with Gasteiger partial charge in [0.2, 0.25) is 0 Å². The van der Waals surface area contributed by atoms with Gasteiger partial charge in [-0.1, -0.05) is 206 Å². The molecule has 278 valence electrons. The van der Waals surface area contributed by atoms with Gasteiger partial charge in [-0.05, 0) is 120 Å². The summed E-state index contributed by atoms with van der Waals surface area (Å²) in [6, 6.07) is 89.7. The first-order valence-electron chi connectivity index (χ1n) is 20.3. The maximum atomic E-state index is 2.37. The summed E-state index contributed by atoms with van der Waals surface area (Å²) >= 11 is 0. The van der Waals surface area contributed by atoms with Crippen molar-refractivity contribution in [1.29, 1.82) is 0 Å². The first kappa shape index (κ1) is 35.7. The second-order valence-corrected chi connectivity index (χ2v) is 14.9. The Morgan fingerprint density at radius 3 is 1.15 bits per heavy atom. The monoisotopic (exact) mass is 751 g/mol. The second-order valence-electron chi connectivity index (χ2n) is 14.9. The van der Waals surface area contributed by atoms with Crippen molar-refractivity contribution in [1.82, 2.24) is 0 Å². The van der Waals surface area contributed by atoms with E-state index in [1.165, 1.54) is 72.0 Å². The predicted octanol–water partition coefficient (Wildman–Crippen LogP) is 16.3. The number of fused-ring (bicyclic) bond motifs is 1. The molecule has 0 bridgehead atoms. The van der Waals surface area contributed by atoms with E-state index >= 15 is 0 Å². The SMILES string of the molecule is c1ccc(-c2ccc(N(c3ccc(-c4cccc5cccc(-c6ccccc6)c45)cc3)c3cccc(-c4ccccc4-c4cccc(-c5ccccc5)c4)c3)cc2)cc1. The van der Waals surface area contributed by atoms with Gasteiger partial charge in [-0.2, -0.15) is 0 Å². The third-order valence-corrected chi connectivity index (χ3v) is 11.3. The van der Waals surface area contributed by atoms with Crippen LogP contribution >= 0.6 is 0 Å². The lowest BCUT2D eigenvalue weighted by atomic mass is 9.91. The molecule has 0 fully saturated rings. The Hall–Kier alpha value is -7.74. The zero-order chi connectivity index (χ0) is 39.4. The van der Waals surface area contributed by atoms with Crippen molar-refractivity contribution in [3.05, 3.63) is 249 Å². The molecule has 0 aromatic heterocycles. The van der Waals surface area contributed by atoms with Crippen LogP contribution in [0.3, 0.4) is 0 Å². The minimum absolute atomic E-state index is 1.09. The Labute approximate surface area is 346 Å². The number of hydrogen-bond acceptors (Lipinski definition) is 1. The van der Waals surface area contributed by atoms with E-state index in [4.69, 9.17) is 0 Å². The summed E-state index contributed by atoms with van der Waals surface area (Å²) in [6.07, 6.45) is 0. The Kier molecular flexibility index (Phi) is 9.68. The van der Waals surface area contributed by atoms with Crippen LogP contribution in [0.25, 0.3) is 77.5 Å². The molecule has 10 aromatic carbocycles. The fourth-order valence-corrected chi connectivity index (χ4v) is 8.41. The average molecular weight is 752 g/mol. The third kappa shape index (κ3) is 7.23. The lowest BCUT2D eigenvalue weighted by Gasteiger charge is -2.27. The van der Waals surface area contributed by atoms with Gasteiger partial charge in [-0.15, -0.1) is 0 Å². The molecule has 0 amide bonds. The first-order valence-corrected chi connectivity index (χ1v) is 20.3. The molecule has 0 atom stereocenters. The van der Waals surface area contributed by atoms with Gasteiger partial charge in [0.05, 0.1) is 0 Å². The number of nitrogens with zero attached hydrogens (tertiary/aromatic N) is 1. The van der Waals surface area contributed by atoms with Crippen molar-refractivity contribution >= 4 is 27.8 Å². The van der Waals surface area contributed by atoms with Gasteiger partial charge in [-0.3, -0.25) is 0 Å². The molecule has 0 aliphatic carbocycles. The highest BCUT2D eigenvalue weighted by atomic mass is 15.1. The van der Waals surface area contributed by atoms with Crippen molar-refractivity contribution in [3.63, 3.8) is 0 Å². The van der Waals surface area contributed by atoms with E-state index in [9.17, 15) is 0 Å². The molecule has 0 radical (unpaired) electrons. The molecule has 0 heterocycles. The molecule has 1 heteroatoms. The van der Waals surface area contributed by atoms with Gasteiger partial charge in [0.15, 0.2) is 0 Å². The molecule has 0 N–H and O–H groups in total. The normalized spacial score (nSPS) is 11.1. The van der Waals surface area contributed by atoms with Crippen LogP contribution in [0.5, 0.6) is 0 Å². The van der Waals surface area contributed by atoms with E-state index in [1.807, 2.05) is 0 Å². The Bertz CT molecular complexity index is 3000. The molecule has 0 saturated carbocycles. The minimum Gasteiger partial charge on any atom is -0.310 e. The van der Waals surface area contributed by atoms with Crippen LogP contribution in [0.1, 0.15) is 0 Å². The van der Waals surface area contributed by atoms with E-state index in [0.717, 1.165) is 22.6 Å². The fourth-order valence-electron chi connectivity index (χ4n) is 8.41. The number of benzene rings is 10. The second kappa shape index (κ2) is 16.0. The Morgan fingerprint density at radius 2 is 0.576 bits per heavy atom. The number of anilines is 3. The number of hydrogen-bond donors (Lipinski definition) is 0. The highest BCUT2D eigenvalue weighted by Gasteiger charge is 2.17. The summed E-state index contributed by atoms with van der Waals surface area (Å²) in [5.41, 5.74) is 17.7. The van der Waals surface area contributed by atoms with Crippen molar-refractivity contribution in [2.45, 2.75) is 0 Å². The first-order chi connectivity index (χ1) is 29.3. The van der Waals surface area contributed by atoms with Crippen LogP contribution in [-0.4, -0.2) is 0 Å². The smallest absolute Gasteiger partial charge is 0.0467 e. The van der Waals surface area contributed by atoms with Crippen LogP contribution in [0.15, 0.2) is 249 Å². The summed E-state index contributed by atoms with van der Waals surface area (Å²) in [7, 11) is 0. The van der Waals surface area contributed by atoms with Gasteiger partial charge in [-0.25, -0.2) is 0 Å². The summed E-state index contributed by atoms with van der Waals surface area (Å²) in [5.74, 6) is 0. The van der Waals surface area contributed by atoms with E-state index < -0.39 is 0 Å². The van der Waals surface area contributed by atoms with Crippen molar-refractivity contribution in [2.24, 2.45) is 0 Å². The topological polar surface area (TPSA) is 3.24 Å². The third-order valence-electron chi connectivity index (χ3n) is 11.3. The summed E-state index contributed by atoms with van der Waals surface area (Å²) in [5, 5.41) is 2.50. The van der Waals surface area contributed by atoms with E-state index in [1.54, 1.807) is 0 Å². The van der Waals surface area contributed by atoms with Crippen molar-refractivity contribution in [2.75, 3.05) is 4.90 Å². The van der Waals surface area contributed by atoms with Crippen LogP contribution < -0.4 is 4.90 Å². The zero-order valence-electron chi connectivity index (χ0n) is 32.6. The van der Waals surface area contributed by atoms with Crippen LogP contribution in [0.4, 0.5) is 17.1 Å². The molecule has 0 aliphatic heterocycles. The van der Waals surface area contributed by atoms with Gasteiger partial charge >= 0.3 is 0 Å². The highest BCUT2D eigenvalue weighted by Crippen LogP contribution is 2.42. The average Bonchev–Trinajstić information content (AvgIpc) is 3.33. The standard InChI is InChI=1S/C58H41N/c1-4-16-42(17-5-1)44-32-36-51(37-33-44)59(52-38-34-46(35-39-52)57-31-15-23-47-22-14-30-56(58(47)57)45-20-8-3-9-21-45)53-27-13-26-50(41-53)55-29-11-10-28-54(55)49-25-12-24-48(40-49)43-18-6-2-7-19-43/h1-41H. The van der Waals surface area contributed by atoms with E-state index in [0.29, 0.717) is 0 Å². The maximum Gasteiger partial charge on any atom is 0.0467 e. The zero-order valence-corrected chi connectivity index (χ0v) is 32.6. The molecule has 1 nitrogen and oxygen atoms in total. The van der Waals surface area contributed by atoms with Gasteiger partial charge in [0, 0.05) is 17.1 Å². The molecular formula is C58H41N. The maximum absolute atomic E-state index is 2.37. The molecule has 59 heavy (non-hydrogen) atoms. The van der Waals surface area contributed by atoms with Crippen LogP contribution in [0, 0.1) is 0 Å². The molecule has 0 saturated heterocycles. The summed E-state index contributed by atoms with van der Waals surface area (Å²) < 4.78 is 0. The fraction of sp³-hybridized carbons (Fsp3) is 0. The quantitative estimate of drug-likeness (QED) is 0.142. The largest absolute Gasteiger partial charge is 0.310 e. The predicted molar refractivity (Wildman–Crippen MR) is 251 cm³/mol. The van der Waals surface area contributed by atoms with Crippen LogP contribution in [0.2, 0.25) is 0 Å². The lowest BCUT2D eigenvalue weighted by molar-refractivity contribution is 1.28. The highest BCUT2D eigenvalue weighted by molar-refractivity contribution is 6.06. The molecule has 10 rings (SSSR count). The summed E-state index contributed by atoms with van der Waals surface area (Å²) in [4.78, 5) is 2.37. The molecule has 0 aliphatic rings. The molecule has 0 unspecified atom stereocenters. The van der Waals surface area contributed by atoms with Crippen molar-refractivity contribution in [3.8, 4) is 66.8 Å². The van der Waals surface area contributed by atoms with Gasteiger partial charge < -0.3 is 4.90 Å². The number of rotatable bonds is 9. The molecule has 0 spiro atoms. The van der Waals surface area contributed by atoms with Gasteiger partial charge in [0.1, 0.15) is 0 Å². The minimum atomic E-state index is 1.09. The van der Waals surface area contributed by atoms with Crippen LogP contribution in [-0.2, 0) is 0 Å². The lowest BCUT2D eigenvalue weighted by Crippen LogP contribution is -2.10. The molecule has 10 aromatic rings. The van der Waals surface area contributed by atoms with E-state index in [-0.39, 0.29) is 0 Å².